The molecule has 2 aromatic carbocycles. The third kappa shape index (κ3) is 4.31. The van der Waals surface area contributed by atoms with Gasteiger partial charge in [0, 0.05) is 18.0 Å². The van der Waals surface area contributed by atoms with E-state index < -0.39 is 0 Å². The molecule has 0 spiro atoms. The number of benzene rings is 2. The lowest BCUT2D eigenvalue weighted by molar-refractivity contribution is 0.0894. The van der Waals surface area contributed by atoms with Crippen LogP contribution in [0, 0.1) is 11.2 Å². The van der Waals surface area contributed by atoms with Crippen LogP contribution in [0.2, 0.25) is 0 Å². The number of nitrogens with zero attached hydrogens (tertiary/aromatic N) is 1. The van der Waals surface area contributed by atoms with Crippen molar-refractivity contribution >= 4 is 5.91 Å². The number of carbonyl (C=O) groups excluding carboxylic acids is 1. The topological polar surface area (TPSA) is 32.3 Å². The minimum Gasteiger partial charge on any atom is -0.351 e. The number of hydrogen-bond donors (Lipinski definition) is 1. The fourth-order valence-corrected chi connectivity index (χ4v) is 3.83. The van der Waals surface area contributed by atoms with Crippen LogP contribution in [0.25, 0.3) is 0 Å². The van der Waals surface area contributed by atoms with Crippen molar-refractivity contribution in [3.63, 3.8) is 0 Å². The summed E-state index contributed by atoms with van der Waals surface area (Å²) in [5.41, 5.74) is 1.90. The van der Waals surface area contributed by atoms with Crippen LogP contribution >= 0.6 is 0 Å². The highest BCUT2D eigenvalue weighted by atomic mass is 19.1. The number of amides is 1. The maximum Gasteiger partial charge on any atom is 0.251 e. The number of hydrogen-bond acceptors (Lipinski definition) is 2. The van der Waals surface area contributed by atoms with Gasteiger partial charge in [-0.15, -0.1) is 0 Å². The molecule has 1 aliphatic heterocycles. The van der Waals surface area contributed by atoms with E-state index in [0.29, 0.717) is 12.1 Å². The lowest BCUT2D eigenvalue weighted by Crippen LogP contribution is -2.43. The van der Waals surface area contributed by atoms with E-state index in [9.17, 15) is 9.18 Å². The van der Waals surface area contributed by atoms with E-state index in [4.69, 9.17) is 0 Å². The Morgan fingerprint density at radius 3 is 2.35 bits per heavy atom. The van der Waals surface area contributed by atoms with E-state index in [1.54, 1.807) is 0 Å². The van der Waals surface area contributed by atoms with Crippen LogP contribution in [0.15, 0.2) is 54.6 Å². The second-order valence-corrected chi connectivity index (χ2v) is 7.64. The molecule has 0 saturated carbocycles. The van der Waals surface area contributed by atoms with Gasteiger partial charge in [0.2, 0.25) is 0 Å². The van der Waals surface area contributed by atoms with E-state index in [1.165, 1.54) is 29.8 Å². The number of nitrogens with one attached hydrogen (secondary N) is 1. The van der Waals surface area contributed by atoms with Gasteiger partial charge in [-0.3, -0.25) is 4.79 Å². The quantitative estimate of drug-likeness (QED) is 0.878. The highest BCUT2D eigenvalue weighted by Crippen LogP contribution is 2.43. The first-order valence-electron chi connectivity index (χ1n) is 9.25. The van der Waals surface area contributed by atoms with Crippen molar-refractivity contribution in [2.45, 2.75) is 25.7 Å². The molecule has 3 nitrogen and oxygen atoms in total. The summed E-state index contributed by atoms with van der Waals surface area (Å²) in [6.07, 6.45) is 2.21. The van der Waals surface area contributed by atoms with Crippen molar-refractivity contribution in [1.29, 1.82) is 0 Å². The van der Waals surface area contributed by atoms with Crippen LogP contribution in [-0.2, 0) is 0 Å². The monoisotopic (exact) mass is 354 g/mol. The van der Waals surface area contributed by atoms with Gasteiger partial charge >= 0.3 is 0 Å². The van der Waals surface area contributed by atoms with Crippen molar-refractivity contribution < 1.29 is 9.18 Å². The van der Waals surface area contributed by atoms with E-state index in [-0.39, 0.29) is 23.1 Å². The van der Waals surface area contributed by atoms with Crippen LogP contribution < -0.4 is 5.32 Å². The Balaban J connectivity index is 1.76. The molecule has 1 atom stereocenters. The Morgan fingerprint density at radius 2 is 1.73 bits per heavy atom. The summed E-state index contributed by atoms with van der Waals surface area (Å²) in [7, 11) is 2.16. The lowest BCUT2D eigenvalue weighted by atomic mass is 9.67. The van der Waals surface area contributed by atoms with Crippen molar-refractivity contribution in [2.75, 3.05) is 26.7 Å². The third-order valence-corrected chi connectivity index (χ3v) is 5.75. The standard InChI is InChI=1S/C22H27FN2O/c1-22(12-14-25(2)15-13-22)20(17-6-4-3-5-7-17)16-24-21(26)18-8-10-19(23)11-9-18/h3-11,20H,12-16H2,1-2H3,(H,24,26). The van der Waals surface area contributed by atoms with Crippen LogP contribution in [0.3, 0.4) is 0 Å². The normalized spacial score (nSPS) is 18.3. The number of piperidine rings is 1. The summed E-state index contributed by atoms with van der Waals surface area (Å²) in [6.45, 7) is 5.07. The smallest absolute Gasteiger partial charge is 0.251 e. The maximum absolute atomic E-state index is 13.1. The number of halogens is 1. The molecule has 1 saturated heterocycles. The molecule has 138 valence electrons. The molecule has 1 unspecified atom stereocenters. The van der Waals surface area contributed by atoms with Gasteiger partial charge in [0.1, 0.15) is 5.82 Å². The van der Waals surface area contributed by atoms with E-state index in [0.717, 1.165) is 25.9 Å². The molecule has 1 N–H and O–H groups in total. The Labute approximate surface area is 155 Å². The van der Waals surface area contributed by atoms with Crippen LogP contribution in [0.4, 0.5) is 4.39 Å². The summed E-state index contributed by atoms with van der Waals surface area (Å²) in [4.78, 5) is 14.9. The molecule has 26 heavy (non-hydrogen) atoms. The van der Waals surface area contributed by atoms with Gasteiger partial charge in [0.25, 0.3) is 5.91 Å². The number of rotatable bonds is 5. The molecular formula is C22H27FN2O. The Bertz CT molecular complexity index is 722. The first kappa shape index (κ1) is 18.6. The van der Waals surface area contributed by atoms with E-state index in [2.05, 4.69) is 48.5 Å². The van der Waals surface area contributed by atoms with Crippen LogP contribution in [-0.4, -0.2) is 37.5 Å². The molecule has 0 bridgehead atoms. The van der Waals surface area contributed by atoms with Gasteiger partial charge in [-0.25, -0.2) is 4.39 Å². The van der Waals surface area contributed by atoms with E-state index >= 15 is 0 Å². The second-order valence-electron chi connectivity index (χ2n) is 7.64. The largest absolute Gasteiger partial charge is 0.351 e. The second kappa shape index (κ2) is 8.00. The summed E-state index contributed by atoms with van der Waals surface area (Å²) in [6, 6.07) is 16.1. The van der Waals surface area contributed by atoms with Gasteiger partial charge in [0.15, 0.2) is 0 Å². The summed E-state index contributed by atoms with van der Waals surface area (Å²) >= 11 is 0. The fourth-order valence-electron chi connectivity index (χ4n) is 3.83. The van der Waals surface area contributed by atoms with Crippen molar-refractivity contribution in [2.24, 2.45) is 5.41 Å². The fraction of sp³-hybridized carbons (Fsp3) is 0.409. The SMILES string of the molecule is CN1CCC(C)(C(CNC(=O)c2ccc(F)cc2)c2ccccc2)CC1. The first-order chi connectivity index (χ1) is 12.5. The van der Waals surface area contributed by atoms with E-state index in [1.807, 2.05) is 6.07 Å². The summed E-state index contributed by atoms with van der Waals surface area (Å²) in [5.74, 6) is -0.230. The molecule has 4 heteroatoms. The average molecular weight is 354 g/mol. The highest BCUT2D eigenvalue weighted by Gasteiger charge is 2.37. The van der Waals surface area contributed by atoms with Crippen molar-refractivity contribution in [3.05, 3.63) is 71.5 Å². The molecule has 3 rings (SSSR count). The lowest BCUT2D eigenvalue weighted by Gasteiger charge is -2.44. The minimum atomic E-state index is -0.331. The van der Waals surface area contributed by atoms with Crippen molar-refractivity contribution in [3.8, 4) is 0 Å². The highest BCUT2D eigenvalue weighted by molar-refractivity contribution is 5.94. The van der Waals surface area contributed by atoms with Crippen LogP contribution in [0.5, 0.6) is 0 Å². The molecular weight excluding hydrogens is 327 g/mol. The molecule has 0 aliphatic carbocycles. The zero-order chi connectivity index (χ0) is 18.6. The molecule has 1 fully saturated rings. The maximum atomic E-state index is 13.1. The number of carbonyl (C=O) groups is 1. The molecule has 0 aromatic heterocycles. The summed E-state index contributed by atoms with van der Waals surface area (Å²) < 4.78 is 13.1. The number of likely N-dealkylation sites (tertiary alicyclic amines) is 1. The third-order valence-electron chi connectivity index (χ3n) is 5.75. The van der Waals surface area contributed by atoms with Gasteiger partial charge in [0.05, 0.1) is 0 Å². The van der Waals surface area contributed by atoms with Crippen molar-refractivity contribution in [1.82, 2.24) is 10.2 Å². The molecule has 1 aliphatic rings. The minimum absolute atomic E-state index is 0.143. The molecule has 1 heterocycles. The zero-order valence-corrected chi connectivity index (χ0v) is 15.5. The molecule has 1 amide bonds. The van der Waals surface area contributed by atoms with Gasteiger partial charge < -0.3 is 10.2 Å². The first-order valence-corrected chi connectivity index (χ1v) is 9.25. The van der Waals surface area contributed by atoms with Gasteiger partial charge in [-0.2, -0.15) is 0 Å². The predicted molar refractivity (Wildman–Crippen MR) is 103 cm³/mol. The molecule has 0 radical (unpaired) electrons. The predicted octanol–water partition coefficient (Wildman–Crippen LogP) is 4.07. The zero-order valence-electron chi connectivity index (χ0n) is 15.5. The van der Waals surface area contributed by atoms with Gasteiger partial charge in [-0.1, -0.05) is 37.3 Å². The van der Waals surface area contributed by atoms with Crippen LogP contribution in [0.1, 0.15) is 41.6 Å². The summed E-state index contributed by atoms with van der Waals surface area (Å²) in [5, 5.41) is 3.08. The Morgan fingerprint density at radius 1 is 1.12 bits per heavy atom. The Kier molecular flexibility index (Phi) is 5.72. The van der Waals surface area contributed by atoms with Gasteiger partial charge in [-0.05, 0) is 68.2 Å². The Hall–Kier alpha value is -2.20. The molecule has 2 aromatic rings. The average Bonchev–Trinajstić information content (AvgIpc) is 2.66.